The lowest BCUT2D eigenvalue weighted by atomic mass is 9.81. The number of halogens is 3. The van der Waals surface area contributed by atoms with Crippen molar-refractivity contribution in [3.05, 3.63) is 60.6 Å². The van der Waals surface area contributed by atoms with E-state index in [0.29, 0.717) is 25.4 Å². The molecule has 2 aromatic heterocycles. The van der Waals surface area contributed by atoms with Crippen LogP contribution in [-0.4, -0.2) is 69.9 Å². The Labute approximate surface area is 192 Å². The number of rotatable bonds is 4. The molecule has 2 aliphatic heterocycles. The number of alkyl halides is 3. The highest BCUT2D eigenvalue weighted by Gasteiger charge is 2.55. The Morgan fingerprint density at radius 1 is 1.24 bits per heavy atom. The zero-order valence-corrected chi connectivity index (χ0v) is 17.9. The molecule has 0 bridgehead atoms. The fourth-order valence-electron chi connectivity index (χ4n) is 4.10. The van der Waals surface area contributed by atoms with Crippen molar-refractivity contribution in [2.24, 2.45) is 5.92 Å². The van der Waals surface area contributed by atoms with Gasteiger partial charge < -0.3 is 24.5 Å². The number of nitrogens with one attached hydrogen (secondary N) is 1. The molecule has 2 N–H and O–H groups in total. The monoisotopic (exact) mass is 477 g/mol. The number of nitrogens with zero attached hydrogens (tertiary/aromatic N) is 2. The molecule has 1 aromatic carbocycles. The fourth-order valence-corrected chi connectivity index (χ4v) is 4.10. The van der Waals surface area contributed by atoms with Gasteiger partial charge in [0.15, 0.2) is 0 Å². The van der Waals surface area contributed by atoms with Gasteiger partial charge in [-0.3, -0.25) is 9.78 Å². The predicted octanol–water partition coefficient (Wildman–Crippen LogP) is 3.51. The van der Waals surface area contributed by atoms with E-state index >= 15 is 0 Å². The Hall–Kier alpha value is -3.60. The standard InChI is InChI=1S/C21H21N3O3.C2HF3O2/c25-20(19-10-15-4-1-2-6-18(15)23-19)24-13-21(14-24)16(7-9-27-21)12-26-17-5-3-8-22-11-17;3-2(4,5)1(6)7/h1-6,8,10-11,16,23H,7,9,12-14H2;(H,6,7). The number of para-hydroxylation sites is 1. The van der Waals surface area contributed by atoms with Crippen molar-refractivity contribution in [1.29, 1.82) is 0 Å². The predicted molar refractivity (Wildman–Crippen MR) is 114 cm³/mol. The van der Waals surface area contributed by atoms with Crippen molar-refractivity contribution in [3.63, 3.8) is 0 Å². The summed E-state index contributed by atoms with van der Waals surface area (Å²) in [7, 11) is 0. The number of carboxylic acid groups (broad SMARTS) is 1. The maximum absolute atomic E-state index is 12.8. The third-order valence-corrected chi connectivity index (χ3v) is 5.89. The molecule has 1 spiro atoms. The van der Waals surface area contributed by atoms with E-state index in [2.05, 4.69) is 9.97 Å². The number of amides is 1. The molecule has 8 nitrogen and oxygen atoms in total. The van der Waals surface area contributed by atoms with Gasteiger partial charge in [-0.15, -0.1) is 0 Å². The van der Waals surface area contributed by atoms with E-state index in [-0.39, 0.29) is 17.4 Å². The van der Waals surface area contributed by atoms with E-state index in [9.17, 15) is 18.0 Å². The molecule has 4 heterocycles. The van der Waals surface area contributed by atoms with Gasteiger partial charge in [0.2, 0.25) is 0 Å². The molecule has 2 saturated heterocycles. The summed E-state index contributed by atoms with van der Waals surface area (Å²) < 4.78 is 43.7. The zero-order valence-electron chi connectivity index (χ0n) is 17.9. The highest BCUT2D eigenvalue weighted by Crippen LogP contribution is 2.40. The number of carbonyl (C=O) groups is 2. The minimum absolute atomic E-state index is 0.0271. The van der Waals surface area contributed by atoms with Gasteiger partial charge in [0.05, 0.1) is 25.9 Å². The van der Waals surface area contributed by atoms with Crippen molar-refractivity contribution in [2.75, 3.05) is 26.3 Å². The lowest BCUT2D eigenvalue weighted by Crippen LogP contribution is -2.66. The number of benzene rings is 1. The van der Waals surface area contributed by atoms with Gasteiger partial charge >= 0.3 is 12.1 Å². The molecule has 2 aliphatic rings. The molecule has 0 radical (unpaired) electrons. The molecule has 0 aliphatic carbocycles. The van der Waals surface area contributed by atoms with Gasteiger partial charge in [-0.25, -0.2) is 4.79 Å². The molecule has 0 saturated carbocycles. The van der Waals surface area contributed by atoms with Crippen LogP contribution in [0.1, 0.15) is 16.9 Å². The van der Waals surface area contributed by atoms with Gasteiger partial charge in [-0.05, 0) is 30.7 Å². The summed E-state index contributed by atoms with van der Waals surface area (Å²) in [6.45, 7) is 2.53. The maximum Gasteiger partial charge on any atom is 0.490 e. The summed E-state index contributed by atoms with van der Waals surface area (Å²) in [6.07, 6.45) is -0.684. The summed E-state index contributed by atoms with van der Waals surface area (Å²) in [5.74, 6) is -1.68. The minimum atomic E-state index is -5.08. The number of pyridine rings is 1. The third-order valence-electron chi connectivity index (χ3n) is 5.89. The molecule has 1 atom stereocenters. The molecule has 11 heteroatoms. The van der Waals surface area contributed by atoms with Crippen molar-refractivity contribution < 1.29 is 37.3 Å². The van der Waals surface area contributed by atoms with E-state index in [1.807, 2.05) is 47.4 Å². The molecule has 1 unspecified atom stereocenters. The van der Waals surface area contributed by atoms with Crippen LogP contribution in [0.5, 0.6) is 5.75 Å². The van der Waals surface area contributed by atoms with Crippen LogP contribution in [-0.2, 0) is 9.53 Å². The van der Waals surface area contributed by atoms with Gasteiger partial charge in [0, 0.05) is 29.6 Å². The second kappa shape index (κ2) is 9.34. The van der Waals surface area contributed by atoms with Gasteiger partial charge in [-0.1, -0.05) is 18.2 Å². The molecular weight excluding hydrogens is 455 g/mol. The van der Waals surface area contributed by atoms with E-state index in [0.717, 1.165) is 29.7 Å². The Balaban J connectivity index is 0.000000344. The van der Waals surface area contributed by atoms with E-state index in [4.69, 9.17) is 19.4 Å². The first-order chi connectivity index (χ1) is 16.2. The van der Waals surface area contributed by atoms with Crippen molar-refractivity contribution in [1.82, 2.24) is 14.9 Å². The quantitative estimate of drug-likeness (QED) is 0.596. The van der Waals surface area contributed by atoms with Crippen LogP contribution in [0.25, 0.3) is 10.9 Å². The molecule has 34 heavy (non-hydrogen) atoms. The van der Waals surface area contributed by atoms with Crippen LogP contribution in [0.4, 0.5) is 13.2 Å². The topological polar surface area (TPSA) is 105 Å². The second-order valence-corrected chi connectivity index (χ2v) is 8.13. The SMILES string of the molecule is O=C(O)C(F)(F)F.O=C(c1cc2ccccc2[nH]1)N1CC2(C1)OCCC2COc1cccnc1. The number of likely N-dealkylation sites (tertiary alicyclic amines) is 1. The summed E-state index contributed by atoms with van der Waals surface area (Å²) in [6, 6.07) is 13.6. The summed E-state index contributed by atoms with van der Waals surface area (Å²) in [5, 5.41) is 8.18. The number of hydrogen-bond acceptors (Lipinski definition) is 5. The van der Waals surface area contributed by atoms with Crippen LogP contribution >= 0.6 is 0 Å². The molecular formula is C23H22F3N3O5. The number of carboxylic acids is 1. The first-order valence-electron chi connectivity index (χ1n) is 10.5. The molecule has 3 aromatic rings. The molecule has 5 rings (SSSR count). The zero-order chi connectivity index (χ0) is 24.3. The number of ether oxygens (including phenoxy) is 2. The van der Waals surface area contributed by atoms with Crippen LogP contribution in [0.3, 0.4) is 0 Å². The lowest BCUT2D eigenvalue weighted by Gasteiger charge is -2.49. The van der Waals surface area contributed by atoms with Crippen molar-refractivity contribution in [2.45, 2.75) is 18.2 Å². The van der Waals surface area contributed by atoms with E-state index in [1.54, 1.807) is 12.4 Å². The largest absolute Gasteiger partial charge is 0.492 e. The van der Waals surface area contributed by atoms with E-state index < -0.39 is 12.1 Å². The van der Waals surface area contributed by atoms with E-state index in [1.165, 1.54) is 0 Å². The molecule has 180 valence electrons. The average Bonchev–Trinajstić information content (AvgIpc) is 3.41. The highest BCUT2D eigenvalue weighted by atomic mass is 19.4. The number of aliphatic carboxylic acids is 1. The van der Waals surface area contributed by atoms with Crippen molar-refractivity contribution in [3.8, 4) is 5.75 Å². The Kier molecular flexibility index (Phi) is 6.47. The summed E-state index contributed by atoms with van der Waals surface area (Å²) >= 11 is 0. The fraction of sp³-hybridized carbons (Fsp3) is 0.348. The van der Waals surface area contributed by atoms with Crippen LogP contribution in [0, 0.1) is 5.92 Å². The second-order valence-electron chi connectivity index (χ2n) is 8.13. The van der Waals surface area contributed by atoms with Gasteiger partial charge in [-0.2, -0.15) is 13.2 Å². The lowest BCUT2D eigenvalue weighted by molar-refractivity contribution is -0.192. The third kappa shape index (κ3) is 4.98. The van der Waals surface area contributed by atoms with Crippen LogP contribution in [0.2, 0.25) is 0 Å². The number of H-pyrrole nitrogens is 1. The summed E-state index contributed by atoms with van der Waals surface area (Å²) in [5.41, 5.74) is 1.34. The number of fused-ring (bicyclic) bond motifs is 1. The Bertz CT molecular complexity index is 1130. The number of aromatic nitrogens is 2. The Morgan fingerprint density at radius 2 is 1.97 bits per heavy atom. The van der Waals surface area contributed by atoms with Crippen LogP contribution < -0.4 is 4.74 Å². The normalized spacial score (nSPS) is 18.8. The van der Waals surface area contributed by atoms with Crippen LogP contribution in [0.15, 0.2) is 54.9 Å². The summed E-state index contributed by atoms with van der Waals surface area (Å²) in [4.78, 5) is 30.9. The number of carbonyl (C=O) groups excluding carboxylic acids is 1. The highest BCUT2D eigenvalue weighted by molar-refractivity contribution is 5.98. The first-order valence-corrected chi connectivity index (χ1v) is 10.5. The number of hydrogen-bond donors (Lipinski definition) is 2. The Morgan fingerprint density at radius 3 is 2.62 bits per heavy atom. The molecule has 1 amide bonds. The number of aromatic amines is 1. The average molecular weight is 477 g/mol. The first kappa shape index (κ1) is 23.6. The van der Waals surface area contributed by atoms with Gasteiger partial charge in [0.1, 0.15) is 17.0 Å². The smallest absolute Gasteiger partial charge is 0.490 e. The van der Waals surface area contributed by atoms with Crippen molar-refractivity contribution >= 4 is 22.8 Å². The molecule has 2 fully saturated rings. The van der Waals surface area contributed by atoms with Gasteiger partial charge in [0.25, 0.3) is 5.91 Å². The maximum atomic E-state index is 12.8. The minimum Gasteiger partial charge on any atom is -0.492 e.